The van der Waals surface area contributed by atoms with Crippen LogP contribution < -0.4 is 5.73 Å². The van der Waals surface area contributed by atoms with Crippen LogP contribution in [0.15, 0.2) is 18.3 Å². The van der Waals surface area contributed by atoms with Crippen molar-refractivity contribution in [2.24, 2.45) is 5.92 Å². The quantitative estimate of drug-likeness (QED) is 0.795. The summed E-state index contributed by atoms with van der Waals surface area (Å²) in [5.74, 6) is 0.686. The number of nitrogen functional groups attached to an aromatic ring is 1. The first kappa shape index (κ1) is 12.0. The number of carbonyl (C=O) groups excluding carboxylic acids is 1. The zero-order chi connectivity index (χ0) is 12.1. The number of ketones is 1. The molecule has 0 aromatic carbocycles. The third-order valence-corrected chi connectivity index (χ3v) is 3.14. The van der Waals surface area contributed by atoms with E-state index in [-0.39, 0.29) is 11.7 Å². The molecule has 0 amide bonds. The number of hydrogen-bond acceptors (Lipinski definition) is 4. The Bertz CT molecular complexity index is 368. The van der Waals surface area contributed by atoms with Gasteiger partial charge in [0.25, 0.3) is 0 Å². The van der Waals surface area contributed by atoms with Crippen molar-refractivity contribution in [3.63, 3.8) is 0 Å². The van der Waals surface area contributed by atoms with E-state index >= 15 is 0 Å². The average molecular weight is 234 g/mol. The molecule has 1 aliphatic rings. The molecular formula is C13H18N2O2. The van der Waals surface area contributed by atoms with Crippen LogP contribution in [-0.2, 0) is 4.74 Å². The summed E-state index contributed by atoms with van der Waals surface area (Å²) in [5.41, 5.74) is 6.17. The second-order valence-electron chi connectivity index (χ2n) is 4.43. The summed E-state index contributed by atoms with van der Waals surface area (Å²) in [7, 11) is 0. The fourth-order valence-corrected chi connectivity index (χ4v) is 2.12. The van der Waals surface area contributed by atoms with E-state index in [0.29, 0.717) is 18.0 Å². The Kier molecular flexibility index (Phi) is 4.09. The Hall–Kier alpha value is -1.42. The molecule has 92 valence electrons. The van der Waals surface area contributed by atoms with Crippen LogP contribution in [-0.4, -0.2) is 24.0 Å². The molecule has 17 heavy (non-hydrogen) atoms. The smallest absolute Gasteiger partial charge is 0.167 e. The molecule has 2 rings (SSSR count). The Morgan fingerprint density at radius 2 is 2.18 bits per heavy atom. The van der Waals surface area contributed by atoms with Crippen molar-refractivity contribution in [3.05, 3.63) is 23.9 Å². The number of rotatable bonds is 2. The highest BCUT2D eigenvalue weighted by molar-refractivity contribution is 5.97. The third-order valence-electron chi connectivity index (χ3n) is 3.14. The van der Waals surface area contributed by atoms with Gasteiger partial charge in [-0.3, -0.25) is 4.79 Å². The molecule has 1 aromatic rings. The fraction of sp³-hybridized carbons (Fsp3) is 0.538. The highest BCUT2D eigenvalue weighted by Crippen LogP contribution is 2.21. The van der Waals surface area contributed by atoms with Gasteiger partial charge in [-0.2, -0.15) is 0 Å². The van der Waals surface area contributed by atoms with Gasteiger partial charge in [-0.05, 0) is 31.4 Å². The summed E-state index contributed by atoms with van der Waals surface area (Å²) in [6.07, 6.45) is 5.43. The molecule has 2 N–H and O–H groups in total. The minimum atomic E-state index is 0.0701. The van der Waals surface area contributed by atoms with Crippen molar-refractivity contribution in [3.8, 4) is 0 Å². The number of nitrogens with two attached hydrogens (primary N) is 1. The van der Waals surface area contributed by atoms with Crippen LogP contribution in [0.2, 0.25) is 0 Å². The molecule has 1 unspecified atom stereocenters. The van der Waals surface area contributed by atoms with E-state index in [1.807, 2.05) is 0 Å². The maximum absolute atomic E-state index is 12.2. The second-order valence-corrected chi connectivity index (χ2v) is 4.43. The van der Waals surface area contributed by atoms with Gasteiger partial charge in [-0.25, -0.2) is 4.98 Å². The summed E-state index contributed by atoms with van der Waals surface area (Å²) in [4.78, 5) is 16.2. The Balaban J connectivity index is 2.04. The first-order chi connectivity index (χ1) is 8.27. The van der Waals surface area contributed by atoms with Crippen molar-refractivity contribution in [2.45, 2.75) is 25.7 Å². The number of hydrogen-bond donors (Lipinski definition) is 1. The van der Waals surface area contributed by atoms with Crippen molar-refractivity contribution >= 4 is 11.6 Å². The van der Waals surface area contributed by atoms with Crippen LogP contribution in [0.5, 0.6) is 0 Å². The molecule has 1 aliphatic heterocycles. The number of nitrogens with zero attached hydrogens (tertiary/aromatic N) is 1. The van der Waals surface area contributed by atoms with Crippen LogP contribution in [0.3, 0.4) is 0 Å². The normalized spacial score (nSPS) is 21.5. The van der Waals surface area contributed by atoms with Gasteiger partial charge in [0.15, 0.2) is 5.78 Å². The van der Waals surface area contributed by atoms with Crippen LogP contribution in [0, 0.1) is 5.92 Å². The number of aromatic nitrogens is 1. The van der Waals surface area contributed by atoms with Crippen molar-refractivity contribution in [2.75, 3.05) is 18.9 Å². The highest BCUT2D eigenvalue weighted by atomic mass is 16.5. The van der Waals surface area contributed by atoms with E-state index in [1.165, 1.54) is 0 Å². The molecule has 0 radical (unpaired) electrons. The predicted octanol–water partition coefficient (Wildman–Crippen LogP) is 2.05. The minimum absolute atomic E-state index is 0.0701. The lowest BCUT2D eigenvalue weighted by Gasteiger charge is -2.18. The standard InChI is InChI=1S/C13H18N2O2/c14-12-5-4-11(9-15-12)13(16)10-3-1-2-7-17-8-6-10/h4-5,9-10H,1-3,6-8H2,(H2,14,15). The maximum Gasteiger partial charge on any atom is 0.167 e. The van der Waals surface area contributed by atoms with Crippen LogP contribution in [0.25, 0.3) is 0 Å². The Morgan fingerprint density at radius 3 is 2.94 bits per heavy atom. The molecule has 0 aliphatic carbocycles. The molecule has 4 heteroatoms. The van der Waals surface area contributed by atoms with E-state index < -0.39 is 0 Å². The predicted molar refractivity (Wildman–Crippen MR) is 65.8 cm³/mol. The Labute approximate surface area is 101 Å². The lowest BCUT2D eigenvalue weighted by molar-refractivity contribution is 0.0753. The van der Waals surface area contributed by atoms with Crippen molar-refractivity contribution < 1.29 is 9.53 Å². The topological polar surface area (TPSA) is 65.2 Å². The summed E-state index contributed by atoms with van der Waals surface area (Å²) >= 11 is 0. The maximum atomic E-state index is 12.2. The molecule has 2 heterocycles. The summed E-state index contributed by atoms with van der Waals surface area (Å²) in [6.45, 7) is 1.50. The highest BCUT2D eigenvalue weighted by Gasteiger charge is 2.21. The van der Waals surface area contributed by atoms with E-state index in [1.54, 1.807) is 18.3 Å². The van der Waals surface area contributed by atoms with Gasteiger partial charge in [-0.1, -0.05) is 6.42 Å². The second kappa shape index (κ2) is 5.77. The SMILES string of the molecule is Nc1ccc(C(=O)C2CCCCOCC2)cn1. The van der Waals surface area contributed by atoms with Gasteiger partial charge in [0, 0.05) is 30.9 Å². The molecule has 1 atom stereocenters. The van der Waals surface area contributed by atoms with Crippen molar-refractivity contribution in [1.82, 2.24) is 4.98 Å². The largest absolute Gasteiger partial charge is 0.384 e. The molecule has 1 aromatic heterocycles. The molecule has 0 saturated carbocycles. The van der Waals surface area contributed by atoms with Crippen molar-refractivity contribution in [1.29, 1.82) is 0 Å². The average Bonchev–Trinajstić information content (AvgIpc) is 2.29. The molecule has 0 bridgehead atoms. The lowest BCUT2D eigenvalue weighted by atomic mass is 9.90. The van der Waals surface area contributed by atoms with Gasteiger partial charge >= 0.3 is 0 Å². The summed E-state index contributed by atoms with van der Waals surface area (Å²) < 4.78 is 5.42. The van der Waals surface area contributed by atoms with E-state index in [2.05, 4.69) is 4.98 Å². The minimum Gasteiger partial charge on any atom is -0.384 e. The zero-order valence-corrected chi connectivity index (χ0v) is 9.89. The lowest BCUT2D eigenvalue weighted by Crippen LogP contribution is -2.19. The van der Waals surface area contributed by atoms with E-state index in [4.69, 9.17) is 10.5 Å². The van der Waals surface area contributed by atoms with Gasteiger partial charge in [0.1, 0.15) is 5.82 Å². The van der Waals surface area contributed by atoms with Gasteiger partial charge < -0.3 is 10.5 Å². The van der Waals surface area contributed by atoms with Gasteiger partial charge in [0.05, 0.1) is 0 Å². The number of ether oxygens (including phenoxy) is 1. The number of anilines is 1. The molecular weight excluding hydrogens is 216 g/mol. The molecule has 1 fully saturated rings. The first-order valence-electron chi connectivity index (χ1n) is 6.11. The van der Waals surface area contributed by atoms with Crippen LogP contribution in [0.1, 0.15) is 36.0 Å². The monoisotopic (exact) mass is 234 g/mol. The summed E-state index contributed by atoms with van der Waals surface area (Å²) in [6, 6.07) is 3.43. The molecule has 4 nitrogen and oxygen atoms in total. The van der Waals surface area contributed by atoms with E-state index in [9.17, 15) is 4.79 Å². The van der Waals surface area contributed by atoms with Crippen LogP contribution in [0.4, 0.5) is 5.82 Å². The first-order valence-corrected chi connectivity index (χ1v) is 6.11. The molecule has 0 spiro atoms. The fourth-order valence-electron chi connectivity index (χ4n) is 2.12. The van der Waals surface area contributed by atoms with E-state index in [0.717, 1.165) is 32.3 Å². The number of carbonyl (C=O) groups is 1. The van der Waals surface area contributed by atoms with Gasteiger partial charge in [-0.15, -0.1) is 0 Å². The zero-order valence-electron chi connectivity index (χ0n) is 9.89. The number of Topliss-reactive ketones (excluding diaryl/α,β-unsaturated/α-hetero) is 1. The third kappa shape index (κ3) is 3.27. The van der Waals surface area contributed by atoms with Crippen LogP contribution >= 0.6 is 0 Å². The van der Waals surface area contributed by atoms with Gasteiger partial charge in [0.2, 0.25) is 0 Å². The Morgan fingerprint density at radius 1 is 1.29 bits per heavy atom. The summed E-state index contributed by atoms with van der Waals surface area (Å²) in [5, 5.41) is 0. The number of pyridine rings is 1. The molecule has 1 saturated heterocycles.